The van der Waals surface area contributed by atoms with E-state index in [2.05, 4.69) is 47.0 Å². The number of aromatic nitrogens is 2. The smallest absolute Gasteiger partial charge is 0.227 e. The Kier molecular flexibility index (Phi) is 4.24. The number of nitriles is 1. The van der Waals surface area contributed by atoms with E-state index < -0.39 is 0 Å². The van der Waals surface area contributed by atoms with Crippen LogP contribution in [0.3, 0.4) is 0 Å². The monoisotopic (exact) mass is 426 g/mol. The number of fused-ring (bicyclic) bond motifs is 4. The lowest BCUT2D eigenvalue weighted by atomic mass is 9.97. The normalized spacial score (nSPS) is 11.3. The molecule has 3 aromatic carbocycles. The number of rotatable bonds is 2. The lowest BCUT2D eigenvalue weighted by Crippen LogP contribution is -2.30. The molecule has 0 saturated heterocycles. The van der Waals surface area contributed by atoms with Crippen LogP contribution in [0.1, 0.15) is 11.1 Å². The van der Waals surface area contributed by atoms with Gasteiger partial charge >= 0.3 is 0 Å². The standard InChI is InChI=1S/C29H20N3O/c1-18-15-22(17-30)27-23-12-13-24(21-11-10-19-7-3-4-8-20(19)16-21)31-29(23)33-28(27)26(18)25-9-5-6-14-32(25)2/h3-16H,1-2H3/q+1. The third-order valence-corrected chi connectivity index (χ3v) is 6.28. The van der Waals surface area contributed by atoms with Gasteiger partial charge in [0.15, 0.2) is 11.8 Å². The number of hydrogen-bond donors (Lipinski definition) is 0. The van der Waals surface area contributed by atoms with Gasteiger partial charge in [-0.2, -0.15) is 5.26 Å². The topological polar surface area (TPSA) is 53.7 Å². The molecule has 3 heterocycles. The van der Waals surface area contributed by atoms with E-state index in [0.717, 1.165) is 38.9 Å². The quantitative estimate of drug-likeness (QED) is 0.298. The maximum absolute atomic E-state index is 9.87. The van der Waals surface area contributed by atoms with Crippen LogP contribution in [-0.2, 0) is 7.05 Å². The summed E-state index contributed by atoms with van der Waals surface area (Å²) in [7, 11) is 2.01. The van der Waals surface area contributed by atoms with E-state index in [-0.39, 0.29) is 0 Å². The van der Waals surface area contributed by atoms with Gasteiger partial charge < -0.3 is 4.42 Å². The zero-order chi connectivity index (χ0) is 22.5. The number of hydrogen-bond acceptors (Lipinski definition) is 3. The Morgan fingerprint density at radius 2 is 1.73 bits per heavy atom. The van der Waals surface area contributed by atoms with Crippen molar-refractivity contribution in [3.05, 3.63) is 96.2 Å². The van der Waals surface area contributed by atoms with E-state index in [0.29, 0.717) is 16.9 Å². The summed E-state index contributed by atoms with van der Waals surface area (Å²) < 4.78 is 8.45. The summed E-state index contributed by atoms with van der Waals surface area (Å²) in [6.07, 6.45) is 2.01. The van der Waals surface area contributed by atoms with Crippen molar-refractivity contribution in [2.45, 2.75) is 6.92 Å². The van der Waals surface area contributed by atoms with Crippen LogP contribution in [0.5, 0.6) is 0 Å². The van der Waals surface area contributed by atoms with E-state index in [4.69, 9.17) is 9.40 Å². The van der Waals surface area contributed by atoms with Crippen LogP contribution >= 0.6 is 0 Å². The summed E-state index contributed by atoms with van der Waals surface area (Å²) >= 11 is 0. The molecule has 0 spiro atoms. The molecule has 0 aliphatic rings. The first-order chi connectivity index (χ1) is 16.1. The van der Waals surface area contributed by atoms with Crippen LogP contribution < -0.4 is 4.57 Å². The molecule has 0 radical (unpaired) electrons. The highest BCUT2D eigenvalue weighted by molar-refractivity contribution is 6.12. The molecule has 0 bridgehead atoms. The van der Waals surface area contributed by atoms with Crippen LogP contribution in [0.4, 0.5) is 0 Å². The summed E-state index contributed by atoms with van der Waals surface area (Å²) in [5.74, 6) is 0. The third kappa shape index (κ3) is 2.98. The number of furan rings is 1. The first kappa shape index (κ1) is 19.2. The lowest BCUT2D eigenvalue weighted by Gasteiger charge is -2.06. The lowest BCUT2D eigenvalue weighted by molar-refractivity contribution is -0.660. The Hall–Kier alpha value is -4.49. The second-order valence-electron chi connectivity index (χ2n) is 8.34. The van der Waals surface area contributed by atoms with Crippen LogP contribution in [0.2, 0.25) is 0 Å². The molecule has 0 fully saturated rings. The Bertz CT molecular complexity index is 1760. The van der Waals surface area contributed by atoms with E-state index in [9.17, 15) is 5.26 Å². The second-order valence-corrected chi connectivity index (χ2v) is 8.34. The summed E-state index contributed by atoms with van der Waals surface area (Å²) in [6.45, 7) is 2.02. The summed E-state index contributed by atoms with van der Waals surface area (Å²) in [5.41, 5.74) is 6.72. The fraction of sp³-hybridized carbons (Fsp3) is 0.0690. The van der Waals surface area contributed by atoms with Gasteiger partial charge in [0.05, 0.1) is 22.9 Å². The van der Waals surface area contributed by atoms with Crippen LogP contribution in [0, 0.1) is 18.3 Å². The van der Waals surface area contributed by atoms with Crippen molar-refractivity contribution in [2.75, 3.05) is 0 Å². The van der Waals surface area contributed by atoms with E-state index >= 15 is 0 Å². The zero-order valence-electron chi connectivity index (χ0n) is 18.3. The van der Waals surface area contributed by atoms with Crippen molar-refractivity contribution in [1.82, 2.24) is 4.98 Å². The first-order valence-corrected chi connectivity index (χ1v) is 10.9. The SMILES string of the molecule is Cc1cc(C#N)c2c(oc3nc(-c4ccc5ccccc5c4)ccc32)c1-c1cccc[n+]1C. The van der Waals surface area contributed by atoms with Crippen LogP contribution in [0.25, 0.3) is 55.4 Å². The van der Waals surface area contributed by atoms with Gasteiger partial charge in [-0.05, 0) is 53.6 Å². The number of aryl methyl sites for hydroxylation is 2. The van der Waals surface area contributed by atoms with Crippen molar-refractivity contribution < 1.29 is 8.98 Å². The molecule has 0 N–H and O–H groups in total. The van der Waals surface area contributed by atoms with E-state index in [1.54, 1.807) is 0 Å². The molecule has 6 rings (SSSR count). The van der Waals surface area contributed by atoms with Gasteiger partial charge in [-0.1, -0.05) is 36.4 Å². The highest BCUT2D eigenvalue weighted by Gasteiger charge is 2.23. The minimum Gasteiger partial charge on any atom is -0.437 e. The molecule has 6 aromatic rings. The molecule has 3 aromatic heterocycles. The molecule has 4 heteroatoms. The Balaban J connectivity index is 1.63. The largest absolute Gasteiger partial charge is 0.437 e. The minimum atomic E-state index is 0.539. The molecule has 0 aliphatic heterocycles. The van der Waals surface area contributed by atoms with E-state index in [1.807, 2.05) is 62.6 Å². The Labute approximate surface area is 191 Å². The number of benzene rings is 3. The number of nitrogens with zero attached hydrogens (tertiary/aromatic N) is 3. The summed E-state index contributed by atoms with van der Waals surface area (Å²) in [4.78, 5) is 4.87. The predicted molar refractivity (Wildman–Crippen MR) is 131 cm³/mol. The molecule has 4 nitrogen and oxygen atoms in total. The van der Waals surface area contributed by atoms with Crippen LogP contribution in [-0.4, -0.2) is 4.98 Å². The van der Waals surface area contributed by atoms with Gasteiger partial charge in [0.1, 0.15) is 7.05 Å². The van der Waals surface area contributed by atoms with Crippen molar-refractivity contribution in [3.8, 4) is 28.6 Å². The zero-order valence-corrected chi connectivity index (χ0v) is 18.3. The minimum absolute atomic E-state index is 0.539. The molecule has 0 aliphatic carbocycles. The van der Waals surface area contributed by atoms with Gasteiger partial charge in [0, 0.05) is 28.5 Å². The van der Waals surface area contributed by atoms with E-state index in [1.165, 1.54) is 10.8 Å². The molecular formula is C29H20N3O+. The van der Waals surface area contributed by atoms with Gasteiger partial charge in [-0.25, -0.2) is 9.55 Å². The van der Waals surface area contributed by atoms with Gasteiger partial charge in [0.2, 0.25) is 11.4 Å². The van der Waals surface area contributed by atoms with Crippen molar-refractivity contribution in [1.29, 1.82) is 5.26 Å². The molecule has 33 heavy (non-hydrogen) atoms. The molecular weight excluding hydrogens is 406 g/mol. The average molecular weight is 426 g/mol. The summed E-state index contributed by atoms with van der Waals surface area (Å²) in [6, 6.07) is 29.0. The fourth-order valence-corrected chi connectivity index (χ4v) is 4.66. The van der Waals surface area contributed by atoms with Gasteiger partial charge in [-0.15, -0.1) is 0 Å². The third-order valence-electron chi connectivity index (χ3n) is 6.28. The maximum Gasteiger partial charge on any atom is 0.227 e. The molecule has 156 valence electrons. The summed E-state index contributed by atoms with van der Waals surface area (Å²) in [5, 5.41) is 13.9. The van der Waals surface area contributed by atoms with Crippen molar-refractivity contribution in [3.63, 3.8) is 0 Å². The average Bonchev–Trinajstić information content (AvgIpc) is 3.22. The van der Waals surface area contributed by atoms with Crippen molar-refractivity contribution >= 4 is 32.8 Å². The molecule has 0 atom stereocenters. The molecule has 0 amide bonds. The van der Waals surface area contributed by atoms with Crippen LogP contribution in [0.15, 0.2) is 89.5 Å². The second kappa shape index (κ2) is 7.29. The fourth-order valence-electron chi connectivity index (χ4n) is 4.66. The predicted octanol–water partition coefficient (Wildman–Crippen LogP) is 6.47. The molecule has 0 unspecified atom stereocenters. The highest BCUT2D eigenvalue weighted by Crippen LogP contribution is 2.39. The maximum atomic E-state index is 9.87. The first-order valence-electron chi connectivity index (χ1n) is 10.9. The van der Waals surface area contributed by atoms with Gasteiger partial charge in [-0.3, -0.25) is 0 Å². The highest BCUT2D eigenvalue weighted by atomic mass is 16.3. The Morgan fingerprint density at radius 3 is 2.55 bits per heavy atom. The van der Waals surface area contributed by atoms with Crippen molar-refractivity contribution in [2.24, 2.45) is 7.05 Å². The number of pyridine rings is 2. The van der Waals surface area contributed by atoms with Gasteiger partial charge in [0.25, 0.3) is 0 Å². The molecule has 0 saturated carbocycles. The Morgan fingerprint density at radius 1 is 0.909 bits per heavy atom.